The van der Waals surface area contributed by atoms with E-state index in [1.165, 1.54) is 23.5 Å². The van der Waals surface area contributed by atoms with E-state index in [1.54, 1.807) is 12.1 Å². The second-order valence-corrected chi connectivity index (χ2v) is 8.94. The highest BCUT2D eigenvalue weighted by Crippen LogP contribution is 2.39. The Balaban J connectivity index is 2.03. The fourth-order valence-corrected chi connectivity index (χ4v) is 4.71. The molecule has 0 radical (unpaired) electrons. The highest BCUT2D eigenvalue weighted by atomic mass is 35.5. The Morgan fingerprint density at radius 2 is 2.00 bits per heavy atom. The van der Waals surface area contributed by atoms with Crippen LogP contribution in [0.5, 0.6) is 0 Å². The number of halogens is 1. The minimum Gasteiger partial charge on any atom is -0.258 e. The maximum absolute atomic E-state index is 11.4. The van der Waals surface area contributed by atoms with Crippen LogP contribution in [-0.2, 0) is 10.0 Å². The second-order valence-electron chi connectivity index (χ2n) is 4.63. The summed E-state index contributed by atoms with van der Waals surface area (Å²) in [5.74, 6) is 0. The Morgan fingerprint density at radius 3 is 2.67 bits per heavy atom. The molecule has 0 fully saturated rings. The summed E-state index contributed by atoms with van der Waals surface area (Å²) in [5.41, 5.74) is 0.350. The van der Waals surface area contributed by atoms with Crippen LogP contribution in [0.15, 0.2) is 50.5 Å². The molecule has 0 amide bonds. The van der Waals surface area contributed by atoms with E-state index < -0.39 is 14.9 Å². The first-order valence-corrected chi connectivity index (χ1v) is 9.85. The highest BCUT2D eigenvalue weighted by Gasteiger charge is 2.21. The summed E-state index contributed by atoms with van der Waals surface area (Å²) < 4.78 is 24.2. The molecule has 3 aromatic rings. The third-order valence-corrected chi connectivity index (χ3v) is 6.29. The molecule has 2 N–H and O–H groups in total. The Hall–Kier alpha value is -1.72. The predicted octanol–water partition coefficient (Wildman–Crippen LogP) is 3.66. The highest BCUT2D eigenvalue weighted by molar-refractivity contribution is 8.01. The molecule has 0 aliphatic carbocycles. The molecule has 0 aliphatic heterocycles. The van der Waals surface area contributed by atoms with Gasteiger partial charge in [0.2, 0.25) is 10.0 Å². The molecule has 1 aromatic heterocycles. The van der Waals surface area contributed by atoms with E-state index in [1.807, 2.05) is 6.07 Å². The molecular weight excluding hydrogens is 394 g/mol. The van der Waals surface area contributed by atoms with Gasteiger partial charge in [0.05, 0.1) is 24.9 Å². The zero-order chi connectivity index (χ0) is 17.5. The topological polar surface area (TPSA) is 116 Å². The minimum atomic E-state index is -4.02. The van der Waals surface area contributed by atoms with E-state index in [-0.39, 0.29) is 15.5 Å². The Morgan fingerprint density at radius 1 is 1.25 bits per heavy atom. The number of rotatable bonds is 4. The molecule has 3 rings (SSSR count). The monoisotopic (exact) mass is 401 g/mol. The first-order valence-electron chi connectivity index (χ1n) is 6.29. The van der Waals surface area contributed by atoms with Crippen molar-refractivity contribution < 1.29 is 13.3 Å². The molecule has 0 unspecified atom stereocenters. The van der Waals surface area contributed by atoms with Crippen LogP contribution in [0.25, 0.3) is 10.2 Å². The summed E-state index contributed by atoms with van der Waals surface area (Å²) in [4.78, 5) is 14.9. The lowest BCUT2D eigenvalue weighted by Gasteiger charge is -2.03. The molecule has 124 valence electrons. The smallest absolute Gasteiger partial charge is 0.258 e. The zero-order valence-corrected chi connectivity index (χ0v) is 14.9. The van der Waals surface area contributed by atoms with E-state index >= 15 is 0 Å². The fourth-order valence-electron chi connectivity index (χ4n) is 1.92. The van der Waals surface area contributed by atoms with Gasteiger partial charge in [0.25, 0.3) is 5.69 Å². The molecule has 0 spiro atoms. The van der Waals surface area contributed by atoms with Crippen LogP contribution in [0.2, 0.25) is 5.02 Å². The molecular formula is C13H8ClN3O4S3. The van der Waals surface area contributed by atoms with Crippen molar-refractivity contribution in [3.8, 4) is 0 Å². The molecule has 0 aliphatic rings. The van der Waals surface area contributed by atoms with Crippen LogP contribution < -0.4 is 5.14 Å². The number of nitro groups is 1. The van der Waals surface area contributed by atoms with Crippen LogP contribution in [0.1, 0.15) is 0 Å². The van der Waals surface area contributed by atoms with E-state index in [2.05, 4.69) is 4.98 Å². The average Bonchev–Trinajstić information content (AvgIpc) is 2.87. The number of fused-ring (bicyclic) bond motifs is 1. The Kier molecular flexibility index (Phi) is 4.49. The van der Waals surface area contributed by atoms with Gasteiger partial charge in [-0.05, 0) is 30.3 Å². The lowest BCUT2D eigenvalue weighted by molar-refractivity contribution is -0.388. The summed E-state index contributed by atoms with van der Waals surface area (Å²) in [7, 11) is -4.02. The van der Waals surface area contributed by atoms with Crippen molar-refractivity contribution in [3.63, 3.8) is 0 Å². The first-order chi connectivity index (χ1) is 11.2. The molecule has 0 saturated heterocycles. The van der Waals surface area contributed by atoms with E-state index in [0.29, 0.717) is 14.9 Å². The molecule has 7 nitrogen and oxygen atoms in total. The third-order valence-electron chi connectivity index (χ3n) is 2.98. The van der Waals surface area contributed by atoms with Gasteiger partial charge >= 0.3 is 0 Å². The lowest BCUT2D eigenvalue weighted by Crippen LogP contribution is -2.12. The van der Waals surface area contributed by atoms with Crippen LogP contribution in [0.3, 0.4) is 0 Å². The Labute approximate surface area is 149 Å². The molecule has 2 aromatic carbocycles. The average molecular weight is 402 g/mol. The van der Waals surface area contributed by atoms with Crippen LogP contribution in [0.4, 0.5) is 5.69 Å². The Bertz CT molecular complexity index is 1070. The summed E-state index contributed by atoms with van der Waals surface area (Å²) in [6.45, 7) is 0. The summed E-state index contributed by atoms with van der Waals surface area (Å²) >= 11 is 8.35. The quantitative estimate of drug-likeness (QED) is 0.526. The van der Waals surface area contributed by atoms with Crippen molar-refractivity contribution in [2.45, 2.75) is 14.1 Å². The lowest BCUT2D eigenvalue weighted by atomic mass is 10.3. The number of nitrogens with two attached hydrogens (primary N) is 1. The van der Waals surface area contributed by atoms with Crippen molar-refractivity contribution in [1.29, 1.82) is 0 Å². The standard InChI is InChI=1S/C13H8ClN3O4S3/c14-7-1-3-11-9(5-7)16-13(22-11)23-12-4-2-8(24(15,20)21)6-10(12)17(18)19/h1-6H,(H2,15,20,21). The molecule has 0 saturated carbocycles. The summed E-state index contributed by atoms with van der Waals surface area (Å²) in [6.07, 6.45) is 0. The van der Waals surface area contributed by atoms with Crippen molar-refractivity contribution in [3.05, 3.63) is 51.5 Å². The van der Waals surface area contributed by atoms with Gasteiger partial charge in [-0.2, -0.15) is 0 Å². The molecule has 0 bridgehead atoms. The van der Waals surface area contributed by atoms with E-state index in [4.69, 9.17) is 16.7 Å². The number of sulfonamides is 1. The van der Waals surface area contributed by atoms with E-state index in [9.17, 15) is 18.5 Å². The van der Waals surface area contributed by atoms with Gasteiger partial charge in [0, 0.05) is 11.1 Å². The number of hydrogen-bond acceptors (Lipinski definition) is 7. The van der Waals surface area contributed by atoms with Gasteiger partial charge < -0.3 is 0 Å². The van der Waals surface area contributed by atoms with Gasteiger partial charge in [0.1, 0.15) is 0 Å². The SMILES string of the molecule is NS(=O)(=O)c1ccc(Sc2nc3cc(Cl)ccc3s2)c([N+](=O)[O-])c1. The minimum absolute atomic E-state index is 0.276. The second kappa shape index (κ2) is 6.30. The molecule has 1 heterocycles. The number of benzene rings is 2. The number of primary sulfonamides is 1. The number of nitrogens with zero attached hydrogens (tertiary/aromatic N) is 2. The van der Waals surface area contributed by atoms with Gasteiger partial charge in [-0.1, -0.05) is 23.4 Å². The van der Waals surface area contributed by atoms with E-state index in [0.717, 1.165) is 22.5 Å². The van der Waals surface area contributed by atoms with Crippen molar-refractivity contribution in [2.75, 3.05) is 0 Å². The number of thiazole rings is 1. The van der Waals surface area contributed by atoms with Crippen molar-refractivity contribution in [2.24, 2.45) is 5.14 Å². The number of hydrogen-bond donors (Lipinski definition) is 1. The molecule has 11 heteroatoms. The van der Waals surface area contributed by atoms with Crippen LogP contribution in [-0.4, -0.2) is 18.3 Å². The molecule has 0 atom stereocenters. The number of nitro benzene ring substituents is 1. The van der Waals surface area contributed by atoms with Gasteiger partial charge in [0.15, 0.2) is 4.34 Å². The fraction of sp³-hybridized carbons (Fsp3) is 0. The van der Waals surface area contributed by atoms with Gasteiger partial charge in [-0.3, -0.25) is 10.1 Å². The van der Waals surface area contributed by atoms with Gasteiger partial charge in [-0.15, -0.1) is 11.3 Å². The maximum Gasteiger partial charge on any atom is 0.284 e. The predicted molar refractivity (Wildman–Crippen MR) is 93.2 cm³/mol. The zero-order valence-electron chi connectivity index (χ0n) is 11.7. The van der Waals surface area contributed by atoms with Crippen molar-refractivity contribution >= 4 is 60.6 Å². The van der Waals surface area contributed by atoms with Crippen molar-refractivity contribution in [1.82, 2.24) is 4.98 Å². The first kappa shape index (κ1) is 17.1. The van der Waals surface area contributed by atoms with Crippen LogP contribution >= 0.6 is 34.7 Å². The maximum atomic E-state index is 11.4. The number of aromatic nitrogens is 1. The van der Waals surface area contributed by atoms with Crippen LogP contribution in [0, 0.1) is 10.1 Å². The third kappa shape index (κ3) is 3.52. The van der Waals surface area contributed by atoms with Gasteiger partial charge in [-0.25, -0.2) is 18.5 Å². The largest absolute Gasteiger partial charge is 0.284 e. The molecule has 24 heavy (non-hydrogen) atoms. The summed E-state index contributed by atoms with van der Waals surface area (Å²) in [5, 5.41) is 16.8. The normalized spacial score (nSPS) is 11.8. The summed E-state index contributed by atoms with van der Waals surface area (Å²) in [6, 6.07) is 8.78.